The van der Waals surface area contributed by atoms with Crippen LogP contribution in [0.4, 0.5) is 0 Å². The second-order valence-corrected chi connectivity index (χ2v) is 8.61. The lowest BCUT2D eigenvalue weighted by Crippen LogP contribution is -2.44. The van der Waals surface area contributed by atoms with Crippen LogP contribution in [0.3, 0.4) is 0 Å². The molecule has 2 atom stereocenters. The van der Waals surface area contributed by atoms with E-state index in [0.29, 0.717) is 34.4 Å². The molecule has 158 valence electrons. The van der Waals surface area contributed by atoms with Gasteiger partial charge in [-0.15, -0.1) is 11.8 Å². The summed E-state index contributed by atoms with van der Waals surface area (Å²) in [5.41, 5.74) is 1.30. The van der Waals surface area contributed by atoms with Gasteiger partial charge in [0.05, 0.1) is 6.61 Å². The van der Waals surface area contributed by atoms with Gasteiger partial charge in [0.2, 0.25) is 6.79 Å². The van der Waals surface area contributed by atoms with Crippen LogP contribution in [0, 0.1) is 0 Å². The highest BCUT2D eigenvalue weighted by atomic mass is 35.5. The van der Waals surface area contributed by atoms with Gasteiger partial charge >= 0.3 is 5.97 Å². The zero-order valence-electron chi connectivity index (χ0n) is 16.5. The highest BCUT2D eigenvalue weighted by Gasteiger charge is 2.43. The minimum Gasteiger partial charge on any atom is -0.464 e. The average Bonchev–Trinajstić information content (AvgIpc) is 3.40. The lowest BCUT2D eigenvalue weighted by atomic mass is 10.1. The van der Waals surface area contributed by atoms with E-state index in [2.05, 4.69) is 0 Å². The van der Waals surface area contributed by atoms with E-state index in [1.54, 1.807) is 29.2 Å². The van der Waals surface area contributed by atoms with Gasteiger partial charge in [-0.2, -0.15) is 0 Å². The van der Waals surface area contributed by atoms with Crippen molar-refractivity contribution >= 4 is 35.2 Å². The van der Waals surface area contributed by atoms with E-state index in [4.69, 9.17) is 25.8 Å². The molecular weight excluding hydrogens is 426 g/mol. The Hall–Kier alpha value is -2.38. The molecule has 4 rings (SSSR count). The van der Waals surface area contributed by atoms with Crippen molar-refractivity contribution in [3.63, 3.8) is 0 Å². The Balaban J connectivity index is 1.64. The summed E-state index contributed by atoms with van der Waals surface area (Å²) in [6.45, 7) is 2.51. The molecule has 0 spiro atoms. The molecule has 2 heterocycles. The van der Waals surface area contributed by atoms with Crippen molar-refractivity contribution < 1.29 is 23.8 Å². The Kier molecular flexibility index (Phi) is 6.39. The molecule has 30 heavy (non-hydrogen) atoms. The van der Waals surface area contributed by atoms with Gasteiger partial charge in [0, 0.05) is 16.3 Å². The standard InChI is InChI=1S/C22H22ClNO5S/c1-2-3-9-27-22(26)17-12-30-21(15-5-4-6-16(23)10-15)24(17)20(25)14-7-8-18-19(11-14)29-13-28-18/h4-8,10-11,17,21H,2-3,9,12-13H2,1H3. The number of fused-ring (bicyclic) bond motifs is 1. The molecule has 1 fully saturated rings. The Labute approximate surface area is 184 Å². The summed E-state index contributed by atoms with van der Waals surface area (Å²) < 4.78 is 16.2. The van der Waals surface area contributed by atoms with Crippen molar-refractivity contribution in [2.75, 3.05) is 19.2 Å². The molecule has 1 saturated heterocycles. The summed E-state index contributed by atoms with van der Waals surface area (Å²) in [4.78, 5) is 27.9. The summed E-state index contributed by atoms with van der Waals surface area (Å²) >= 11 is 7.71. The maximum absolute atomic E-state index is 13.5. The fraction of sp³-hybridized carbons (Fsp3) is 0.364. The van der Waals surface area contributed by atoms with Gasteiger partial charge in [-0.05, 0) is 42.3 Å². The van der Waals surface area contributed by atoms with Crippen LogP contribution in [0.1, 0.15) is 41.1 Å². The fourth-order valence-corrected chi connectivity index (χ4v) is 5.05. The van der Waals surface area contributed by atoms with E-state index in [1.165, 1.54) is 11.8 Å². The van der Waals surface area contributed by atoms with Crippen LogP contribution in [0.5, 0.6) is 11.5 Å². The van der Waals surface area contributed by atoms with Crippen LogP contribution >= 0.6 is 23.4 Å². The van der Waals surface area contributed by atoms with E-state index in [0.717, 1.165) is 18.4 Å². The number of halogens is 1. The third-order valence-electron chi connectivity index (χ3n) is 5.00. The minimum absolute atomic E-state index is 0.129. The Morgan fingerprint density at radius 2 is 2.03 bits per heavy atom. The summed E-state index contributed by atoms with van der Waals surface area (Å²) in [5.74, 6) is 0.937. The summed E-state index contributed by atoms with van der Waals surface area (Å²) in [5, 5.41) is 0.239. The van der Waals surface area contributed by atoms with Gasteiger partial charge in [-0.3, -0.25) is 4.79 Å². The highest BCUT2D eigenvalue weighted by molar-refractivity contribution is 7.99. The van der Waals surface area contributed by atoms with E-state index in [1.807, 2.05) is 25.1 Å². The smallest absolute Gasteiger partial charge is 0.329 e. The Bertz CT molecular complexity index is 953. The highest BCUT2D eigenvalue weighted by Crippen LogP contribution is 2.44. The molecule has 0 N–H and O–H groups in total. The van der Waals surface area contributed by atoms with E-state index < -0.39 is 6.04 Å². The lowest BCUT2D eigenvalue weighted by Gasteiger charge is -2.29. The maximum Gasteiger partial charge on any atom is 0.329 e. The van der Waals surface area contributed by atoms with Crippen molar-refractivity contribution in [3.05, 3.63) is 58.6 Å². The molecule has 0 aliphatic carbocycles. The second-order valence-electron chi connectivity index (χ2n) is 7.06. The predicted octanol–water partition coefficient (Wildman–Crippen LogP) is 4.67. The van der Waals surface area contributed by atoms with E-state index in [-0.39, 0.29) is 24.0 Å². The summed E-state index contributed by atoms with van der Waals surface area (Å²) in [7, 11) is 0. The molecule has 2 aromatic carbocycles. The number of esters is 1. The van der Waals surface area contributed by atoms with Crippen molar-refractivity contribution in [3.8, 4) is 11.5 Å². The van der Waals surface area contributed by atoms with E-state index in [9.17, 15) is 9.59 Å². The first-order valence-corrected chi connectivity index (χ1v) is 11.3. The average molecular weight is 448 g/mol. The molecule has 1 amide bonds. The zero-order chi connectivity index (χ0) is 21.1. The van der Waals surface area contributed by atoms with Gasteiger partial charge in [0.25, 0.3) is 5.91 Å². The molecule has 2 aliphatic rings. The van der Waals surface area contributed by atoms with Crippen LogP contribution in [0.15, 0.2) is 42.5 Å². The lowest BCUT2D eigenvalue weighted by molar-refractivity contribution is -0.148. The number of carbonyl (C=O) groups is 2. The number of hydrogen-bond donors (Lipinski definition) is 0. The molecule has 2 aromatic rings. The fourth-order valence-electron chi connectivity index (χ4n) is 3.44. The second kappa shape index (κ2) is 9.18. The van der Waals surface area contributed by atoms with Crippen LogP contribution in [-0.2, 0) is 9.53 Å². The molecule has 6 nitrogen and oxygen atoms in total. The molecule has 0 bridgehead atoms. The largest absolute Gasteiger partial charge is 0.464 e. The number of rotatable bonds is 6. The first kappa shape index (κ1) is 20.9. The van der Waals surface area contributed by atoms with Crippen molar-refractivity contribution in [1.82, 2.24) is 4.90 Å². The number of hydrogen-bond acceptors (Lipinski definition) is 6. The van der Waals surface area contributed by atoms with Gasteiger partial charge in [-0.25, -0.2) is 4.79 Å². The third kappa shape index (κ3) is 4.23. The number of carbonyl (C=O) groups excluding carboxylic acids is 2. The maximum atomic E-state index is 13.5. The van der Waals surface area contributed by atoms with Crippen molar-refractivity contribution in [2.45, 2.75) is 31.2 Å². The summed E-state index contributed by atoms with van der Waals surface area (Å²) in [6, 6.07) is 11.7. The molecule has 0 saturated carbocycles. The topological polar surface area (TPSA) is 65.1 Å². The molecular formula is C22H22ClNO5S. The first-order valence-electron chi connectivity index (χ1n) is 9.84. The monoisotopic (exact) mass is 447 g/mol. The quantitative estimate of drug-likeness (QED) is 0.473. The van der Waals surface area contributed by atoms with Crippen LogP contribution in [0.2, 0.25) is 5.02 Å². The van der Waals surface area contributed by atoms with Gasteiger partial charge in [0.15, 0.2) is 11.5 Å². The number of unbranched alkanes of at least 4 members (excludes halogenated alkanes) is 1. The van der Waals surface area contributed by atoms with Gasteiger partial charge in [0.1, 0.15) is 11.4 Å². The molecule has 0 radical (unpaired) electrons. The Morgan fingerprint density at radius 3 is 2.83 bits per heavy atom. The van der Waals surface area contributed by atoms with Crippen LogP contribution < -0.4 is 9.47 Å². The predicted molar refractivity (Wildman–Crippen MR) is 115 cm³/mol. The molecule has 8 heteroatoms. The first-order chi connectivity index (χ1) is 14.6. The van der Waals surface area contributed by atoms with Crippen molar-refractivity contribution in [1.29, 1.82) is 0 Å². The summed E-state index contributed by atoms with van der Waals surface area (Å²) in [6.07, 6.45) is 1.72. The molecule has 0 aromatic heterocycles. The van der Waals surface area contributed by atoms with Crippen molar-refractivity contribution in [2.24, 2.45) is 0 Å². The minimum atomic E-state index is -0.672. The van der Waals surface area contributed by atoms with Gasteiger partial charge < -0.3 is 19.1 Å². The van der Waals surface area contributed by atoms with Crippen LogP contribution in [0.25, 0.3) is 0 Å². The SMILES string of the molecule is CCCCOC(=O)C1CSC(c2cccc(Cl)c2)N1C(=O)c1ccc2c(c1)OCO2. The normalized spacial score (nSPS) is 19.7. The zero-order valence-corrected chi connectivity index (χ0v) is 18.1. The molecule has 2 unspecified atom stereocenters. The number of benzene rings is 2. The number of amides is 1. The third-order valence-corrected chi connectivity index (χ3v) is 6.56. The van der Waals surface area contributed by atoms with Gasteiger partial charge in [-0.1, -0.05) is 37.1 Å². The number of ether oxygens (including phenoxy) is 3. The number of nitrogens with zero attached hydrogens (tertiary/aromatic N) is 1. The molecule has 2 aliphatic heterocycles. The van der Waals surface area contributed by atoms with Crippen LogP contribution in [-0.4, -0.2) is 42.0 Å². The number of thioether (sulfide) groups is 1. The Morgan fingerprint density at radius 1 is 1.20 bits per heavy atom. The van der Waals surface area contributed by atoms with E-state index >= 15 is 0 Å².